The van der Waals surface area contributed by atoms with Gasteiger partial charge in [-0.1, -0.05) is 32.9 Å². The van der Waals surface area contributed by atoms with Gasteiger partial charge in [0.15, 0.2) is 0 Å². The third-order valence-corrected chi connectivity index (χ3v) is 2.63. The minimum Gasteiger partial charge on any atom is -0.478 e. The van der Waals surface area contributed by atoms with Crippen LogP contribution in [0.3, 0.4) is 0 Å². The Morgan fingerprint density at radius 3 is 2.11 bits per heavy atom. The molecule has 102 valence electrons. The fourth-order valence-corrected chi connectivity index (χ4v) is 1.99. The smallest absolute Gasteiger partial charge is 0.327 e. The molecule has 0 fully saturated rings. The molecule has 0 saturated carbocycles. The second-order valence-corrected chi connectivity index (χ2v) is 5.39. The van der Waals surface area contributed by atoms with Gasteiger partial charge in [-0.3, -0.25) is 0 Å². The zero-order valence-corrected chi connectivity index (χ0v) is 11.2. The second-order valence-electron chi connectivity index (χ2n) is 5.39. The molecular weight excluding hydrogens is 232 g/mol. The summed E-state index contributed by atoms with van der Waals surface area (Å²) in [5.41, 5.74) is 0.0163. The second kappa shape index (κ2) is 7.69. The van der Waals surface area contributed by atoms with Crippen LogP contribution in [0.2, 0.25) is 0 Å². The first-order chi connectivity index (χ1) is 8.23. The molecule has 4 heteroatoms. The molecule has 0 aromatic heterocycles. The van der Waals surface area contributed by atoms with Crippen LogP contribution in [0.25, 0.3) is 0 Å². The van der Waals surface area contributed by atoms with Crippen molar-refractivity contribution < 1.29 is 19.8 Å². The normalized spacial score (nSPS) is 14.2. The molecule has 18 heavy (non-hydrogen) atoms. The van der Waals surface area contributed by atoms with Gasteiger partial charge in [0.25, 0.3) is 0 Å². The minimum absolute atomic E-state index is 0.0163. The van der Waals surface area contributed by atoms with E-state index in [4.69, 9.17) is 10.2 Å². The van der Waals surface area contributed by atoms with Gasteiger partial charge in [-0.2, -0.15) is 0 Å². The average Bonchev–Trinajstić information content (AvgIpc) is 2.14. The van der Waals surface area contributed by atoms with Crippen LogP contribution in [0.15, 0.2) is 24.3 Å². The maximum absolute atomic E-state index is 10.4. The summed E-state index contributed by atoms with van der Waals surface area (Å²) in [4.78, 5) is 20.7. The maximum Gasteiger partial charge on any atom is 0.327 e. The van der Waals surface area contributed by atoms with E-state index in [0.717, 1.165) is 25.0 Å². The van der Waals surface area contributed by atoms with Crippen molar-refractivity contribution in [1.82, 2.24) is 0 Å². The van der Waals surface area contributed by atoms with Crippen LogP contribution in [0, 0.1) is 11.3 Å². The molecule has 2 N–H and O–H groups in total. The van der Waals surface area contributed by atoms with Crippen molar-refractivity contribution in [1.29, 1.82) is 0 Å². The van der Waals surface area contributed by atoms with Crippen LogP contribution >= 0.6 is 0 Å². The topological polar surface area (TPSA) is 74.6 Å². The van der Waals surface area contributed by atoms with E-state index >= 15 is 0 Å². The van der Waals surface area contributed by atoms with Gasteiger partial charge < -0.3 is 10.2 Å². The molecule has 1 atom stereocenters. The van der Waals surface area contributed by atoms with Crippen LogP contribution in [0.4, 0.5) is 0 Å². The Kier molecular flexibility index (Phi) is 7.01. The predicted octanol–water partition coefficient (Wildman–Crippen LogP) is 3.10. The van der Waals surface area contributed by atoms with Crippen LogP contribution in [-0.2, 0) is 9.59 Å². The summed E-state index contributed by atoms with van der Waals surface area (Å²) in [7, 11) is 0. The first-order valence-corrected chi connectivity index (χ1v) is 6.02. The Balaban J connectivity index is 4.14. The highest BCUT2D eigenvalue weighted by Crippen LogP contribution is 2.31. The highest BCUT2D eigenvalue weighted by Gasteiger charge is 2.19. The van der Waals surface area contributed by atoms with Crippen LogP contribution in [-0.4, -0.2) is 22.2 Å². The lowest BCUT2D eigenvalue weighted by Gasteiger charge is -2.26. The third-order valence-electron chi connectivity index (χ3n) is 2.63. The predicted molar refractivity (Wildman–Crippen MR) is 70.3 cm³/mol. The standard InChI is InChI=1S/C14H22O4/c1-11(6-4-7-12(15)16)10-14(2,3)9-5-8-13(17)18/h4-5,7-8,11H,6,9-10H2,1-3H3,(H,15,16)(H,17,18). The zero-order chi connectivity index (χ0) is 14.2. The van der Waals surface area contributed by atoms with Gasteiger partial charge in [0.05, 0.1) is 0 Å². The van der Waals surface area contributed by atoms with Crippen molar-refractivity contribution >= 4 is 11.9 Å². The van der Waals surface area contributed by atoms with E-state index in [1.54, 1.807) is 12.2 Å². The van der Waals surface area contributed by atoms with Gasteiger partial charge in [0.1, 0.15) is 0 Å². The van der Waals surface area contributed by atoms with E-state index < -0.39 is 11.9 Å². The summed E-state index contributed by atoms with van der Waals surface area (Å²) in [5.74, 6) is -1.48. The quantitative estimate of drug-likeness (QED) is 0.653. The summed E-state index contributed by atoms with van der Waals surface area (Å²) in [5, 5.41) is 17.0. The molecule has 0 rings (SSSR count). The molecule has 4 nitrogen and oxygen atoms in total. The Morgan fingerprint density at radius 1 is 1.11 bits per heavy atom. The summed E-state index contributed by atoms with van der Waals surface area (Å²) in [6, 6.07) is 0. The van der Waals surface area contributed by atoms with E-state index in [0.29, 0.717) is 12.3 Å². The Labute approximate surface area is 108 Å². The van der Waals surface area contributed by atoms with Gasteiger partial charge in [-0.05, 0) is 30.6 Å². The van der Waals surface area contributed by atoms with Crippen molar-refractivity contribution in [2.75, 3.05) is 0 Å². The fraction of sp³-hybridized carbons (Fsp3) is 0.571. The number of carboxylic acids is 2. The van der Waals surface area contributed by atoms with Crippen molar-refractivity contribution in [3.05, 3.63) is 24.3 Å². The summed E-state index contributed by atoms with van der Waals surface area (Å²) in [6.45, 7) is 6.22. The number of carbonyl (C=O) groups is 2. The summed E-state index contributed by atoms with van der Waals surface area (Å²) >= 11 is 0. The molecule has 0 radical (unpaired) electrons. The Bertz CT molecular complexity index is 340. The maximum atomic E-state index is 10.4. The van der Waals surface area contributed by atoms with Gasteiger partial charge in [-0.25, -0.2) is 9.59 Å². The fourth-order valence-electron chi connectivity index (χ4n) is 1.99. The molecule has 0 amide bonds. The molecule has 0 aromatic rings. The number of hydrogen-bond donors (Lipinski definition) is 2. The summed E-state index contributed by atoms with van der Waals surface area (Å²) < 4.78 is 0. The van der Waals surface area contributed by atoms with E-state index in [9.17, 15) is 9.59 Å². The zero-order valence-electron chi connectivity index (χ0n) is 11.2. The highest BCUT2D eigenvalue weighted by molar-refractivity contribution is 5.79. The van der Waals surface area contributed by atoms with Gasteiger partial charge >= 0.3 is 11.9 Å². The van der Waals surface area contributed by atoms with E-state index in [-0.39, 0.29) is 5.41 Å². The van der Waals surface area contributed by atoms with Crippen molar-refractivity contribution in [2.24, 2.45) is 11.3 Å². The van der Waals surface area contributed by atoms with Crippen LogP contribution < -0.4 is 0 Å². The Morgan fingerprint density at radius 2 is 1.61 bits per heavy atom. The third kappa shape index (κ3) is 9.63. The minimum atomic E-state index is -0.928. The van der Waals surface area contributed by atoms with Crippen molar-refractivity contribution in [3.8, 4) is 0 Å². The lowest BCUT2D eigenvalue weighted by atomic mass is 9.79. The molecular formula is C14H22O4. The van der Waals surface area contributed by atoms with Crippen LogP contribution in [0.5, 0.6) is 0 Å². The molecule has 0 bridgehead atoms. The first kappa shape index (κ1) is 16.4. The van der Waals surface area contributed by atoms with E-state index in [1.165, 1.54) is 0 Å². The SMILES string of the molecule is CC(CC=CC(=O)O)CC(C)(C)CC=CC(=O)O. The number of carboxylic acid groups (broad SMARTS) is 2. The highest BCUT2D eigenvalue weighted by atomic mass is 16.4. The Hall–Kier alpha value is -1.58. The van der Waals surface area contributed by atoms with Gasteiger partial charge in [-0.15, -0.1) is 0 Å². The molecule has 0 heterocycles. The number of rotatable bonds is 8. The lowest BCUT2D eigenvalue weighted by Crippen LogP contribution is -2.14. The molecule has 0 spiro atoms. The molecule has 0 aliphatic rings. The molecule has 0 aliphatic heterocycles. The van der Waals surface area contributed by atoms with Gasteiger partial charge in [0.2, 0.25) is 0 Å². The number of allylic oxidation sites excluding steroid dienone is 2. The molecule has 1 unspecified atom stereocenters. The summed E-state index contributed by atoms with van der Waals surface area (Å²) in [6.07, 6.45) is 7.99. The monoisotopic (exact) mass is 254 g/mol. The van der Waals surface area contributed by atoms with E-state index in [1.807, 2.05) is 0 Å². The largest absolute Gasteiger partial charge is 0.478 e. The van der Waals surface area contributed by atoms with Gasteiger partial charge in [0, 0.05) is 12.2 Å². The number of aliphatic carboxylic acids is 2. The average molecular weight is 254 g/mol. The van der Waals surface area contributed by atoms with Crippen molar-refractivity contribution in [3.63, 3.8) is 0 Å². The first-order valence-electron chi connectivity index (χ1n) is 6.02. The number of hydrogen-bond acceptors (Lipinski definition) is 2. The van der Waals surface area contributed by atoms with Crippen LogP contribution in [0.1, 0.15) is 40.0 Å². The molecule has 0 aliphatic carbocycles. The van der Waals surface area contributed by atoms with Crippen molar-refractivity contribution in [2.45, 2.75) is 40.0 Å². The molecule has 0 saturated heterocycles. The molecule has 0 aromatic carbocycles. The lowest BCUT2D eigenvalue weighted by molar-refractivity contribution is -0.132. The van der Waals surface area contributed by atoms with E-state index in [2.05, 4.69) is 20.8 Å².